The van der Waals surface area contributed by atoms with Crippen LogP contribution in [0.1, 0.15) is 30.1 Å². The predicted octanol–water partition coefficient (Wildman–Crippen LogP) is 1.96. The zero-order valence-electron chi connectivity index (χ0n) is 14.1. The summed E-state index contributed by atoms with van der Waals surface area (Å²) in [6, 6.07) is 6.46. The lowest BCUT2D eigenvalue weighted by molar-refractivity contribution is -0.123. The van der Waals surface area contributed by atoms with Crippen LogP contribution >= 0.6 is 11.8 Å². The SMILES string of the molecule is CCNC(=O)NC(=O)COC(=O)c1ccccc1SC[C@H]1CCCO1. The molecule has 2 rings (SSSR count). The molecule has 0 radical (unpaired) electrons. The molecule has 0 saturated carbocycles. The maximum absolute atomic E-state index is 12.2. The molecule has 3 amide bonds. The van der Waals surface area contributed by atoms with Gasteiger partial charge in [0.1, 0.15) is 0 Å². The van der Waals surface area contributed by atoms with Crippen LogP contribution in [-0.2, 0) is 14.3 Å². The highest BCUT2D eigenvalue weighted by Gasteiger charge is 2.19. The van der Waals surface area contributed by atoms with Crippen LogP contribution in [0.2, 0.25) is 0 Å². The van der Waals surface area contributed by atoms with E-state index in [1.54, 1.807) is 19.1 Å². The van der Waals surface area contributed by atoms with Gasteiger partial charge >= 0.3 is 12.0 Å². The van der Waals surface area contributed by atoms with E-state index in [1.807, 2.05) is 12.1 Å². The summed E-state index contributed by atoms with van der Waals surface area (Å²) in [5.74, 6) is -0.507. The third-order valence-electron chi connectivity index (χ3n) is 3.48. The molecule has 0 unspecified atom stereocenters. The highest BCUT2D eigenvalue weighted by Crippen LogP contribution is 2.27. The van der Waals surface area contributed by atoms with E-state index in [1.165, 1.54) is 11.8 Å². The van der Waals surface area contributed by atoms with E-state index in [0.29, 0.717) is 12.1 Å². The molecule has 1 heterocycles. The lowest BCUT2D eigenvalue weighted by Gasteiger charge is -2.12. The fraction of sp³-hybridized carbons (Fsp3) is 0.471. The van der Waals surface area contributed by atoms with Gasteiger partial charge in [0, 0.05) is 23.8 Å². The molecular formula is C17H22N2O5S. The van der Waals surface area contributed by atoms with Crippen molar-refractivity contribution in [2.75, 3.05) is 25.5 Å². The second-order valence-corrected chi connectivity index (χ2v) is 6.49. The van der Waals surface area contributed by atoms with E-state index in [4.69, 9.17) is 9.47 Å². The number of hydrogen-bond donors (Lipinski definition) is 2. The molecule has 136 valence electrons. The fourth-order valence-corrected chi connectivity index (χ4v) is 3.41. The van der Waals surface area contributed by atoms with Gasteiger partial charge in [0.25, 0.3) is 5.91 Å². The topological polar surface area (TPSA) is 93.7 Å². The number of nitrogens with one attached hydrogen (secondary N) is 2. The molecule has 1 aliphatic rings. The third kappa shape index (κ3) is 6.39. The first-order chi connectivity index (χ1) is 12.1. The number of amides is 3. The molecule has 2 N–H and O–H groups in total. The van der Waals surface area contributed by atoms with Crippen molar-refractivity contribution < 1.29 is 23.9 Å². The van der Waals surface area contributed by atoms with Crippen molar-refractivity contribution in [3.63, 3.8) is 0 Å². The maximum atomic E-state index is 12.2. The van der Waals surface area contributed by atoms with Crippen LogP contribution < -0.4 is 10.6 Å². The Bertz CT molecular complexity index is 617. The van der Waals surface area contributed by atoms with Gasteiger partial charge in [-0.15, -0.1) is 11.8 Å². The Labute approximate surface area is 150 Å². The minimum Gasteiger partial charge on any atom is -0.452 e. The molecular weight excluding hydrogens is 344 g/mol. The number of urea groups is 1. The molecule has 0 aromatic heterocycles. The van der Waals surface area contributed by atoms with E-state index < -0.39 is 24.5 Å². The summed E-state index contributed by atoms with van der Waals surface area (Å²) in [5.41, 5.74) is 0.399. The molecule has 1 atom stereocenters. The van der Waals surface area contributed by atoms with E-state index in [0.717, 1.165) is 30.1 Å². The average Bonchev–Trinajstić information content (AvgIpc) is 3.12. The predicted molar refractivity (Wildman–Crippen MR) is 93.6 cm³/mol. The van der Waals surface area contributed by atoms with Gasteiger partial charge in [-0.3, -0.25) is 10.1 Å². The van der Waals surface area contributed by atoms with Crippen molar-refractivity contribution in [2.45, 2.75) is 30.8 Å². The summed E-state index contributed by atoms with van der Waals surface area (Å²) in [6.45, 7) is 2.40. The third-order valence-corrected chi connectivity index (χ3v) is 4.69. The molecule has 1 aliphatic heterocycles. The minimum atomic E-state index is -0.677. The van der Waals surface area contributed by atoms with Gasteiger partial charge in [-0.1, -0.05) is 12.1 Å². The quantitative estimate of drug-likeness (QED) is 0.566. The first-order valence-electron chi connectivity index (χ1n) is 8.18. The molecule has 8 heteroatoms. The number of ether oxygens (including phenoxy) is 2. The molecule has 0 aliphatic carbocycles. The van der Waals surface area contributed by atoms with E-state index >= 15 is 0 Å². The van der Waals surface area contributed by atoms with Crippen molar-refractivity contribution in [1.82, 2.24) is 10.6 Å². The summed E-state index contributed by atoms with van der Waals surface area (Å²) in [4.78, 5) is 35.8. The van der Waals surface area contributed by atoms with Crippen LogP contribution in [0.3, 0.4) is 0 Å². The van der Waals surface area contributed by atoms with Gasteiger partial charge in [0.15, 0.2) is 6.61 Å². The Morgan fingerprint density at radius 2 is 2.12 bits per heavy atom. The largest absolute Gasteiger partial charge is 0.452 e. The number of carbonyl (C=O) groups excluding carboxylic acids is 3. The Morgan fingerprint density at radius 1 is 1.32 bits per heavy atom. The number of rotatable bonds is 7. The van der Waals surface area contributed by atoms with Gasteiger partial charge in [-0.2, -0.15) is 0 Å². The first-order valence-corrected chi connectivity index (χ1v) is 9.17. The van der Waals surface area contributed by atoms with E-state index in [-0.39, 0.29) is 6.10 Å². The number of imide groups is 1. The zero-order chi connectivity index (χ0) is 18.1. The van der Waals surface area contributed by atoms with E-state index in [9.17, 15) is 14.4 Å². The number of hydrogen-bond acceptors (Lipinski definition) is 6. The van der Waals surface area contributed by atoms with Crippen LogP contribution in [0.25, 0.3) is 0 Å². The highest BCUT2D eigenvalue weighted by atomic mass is 32.2. The molecule has 0 bridgehead atoms. The fourth-order valence-electron chi connectivity index (χ4n) is 2.30. The molecule has 1 fully saturated rings. The Morgan fingerprint density at radius 3 is 2.84 bits per heavy atom. The van der Waals surface area contributed by atoms with Crippen molar-refractivity contribution in [3.8, 4) is 0 Å². The number of benzene rings is 1. The Kier molecular flexibility index (Phi) is 7.75. The van der Waals surface area contributed by atoms with Crippen LogP contribution in [-0.4, -0.2) is 49.5 Å². The molecule has 1 aromatic carbocycles. The summed E-state index contributed by atoms with van der Waals surface area (Å²) >= 11 is 1.53. The second-order valence-electron chi connectivity index (χ2n) is 5.43. The summed E-state index contributed by atoms with van der Waals surface area (Å²) in [5, 5.41) is 4.50. The lowest BCUT2D eigenvalue weighted by Crippen LogP contribution is -2.41. The molecule has 7 nitrogen and oxygen atoms in total. The van der Waals surface area contributed by atoms with Crippen molar-refractivity contribution in [2.24, 2.45) is 0 Å². The van der Waals surface area contributed by atoms with Crippen molar-refractivity contribution in [1.29, 1.82) is 0 Å². The maximum Gasteiger partial charge on any atom is 0.339 e. The van der Waals surface area contributed by atoms with Gasteiger partial charge in [0.2, 0.25) is 0 Å². The van der Waals surface area contributed by atoms with Gasteiger partial charge < -0.3 is 14.8 Å². The van der Waals surface area contributed by atoms with Crippen LogP contribution in [0.15, 0.2) is 29.2 Å². The standard InChI is InChI=1S/C17H22N2O5S/c1-2-18-17(22)19-15(20)10-24-16(21)13-7-3-4-8-14(13)25-11-12-6-5-9-23-12/h3-4,7-8,12H,2,5-6,9-11H2,1H3,(H2,18,19,20,22)/t12-/m1/s1. The molecule has 0 spiro atoms. The van der Waals surface area contributed by atoms with Gasteiger partial charge in [-0.25, -0.2) is 9.59 Å². The normalized spacial score (nSPS) is 16.3. The monoisotopic (exact) mass is 366 g/mol. The molecule has 25 heavy (non-hydrogen) atoms. The average molecular weight is 366 g/mol. The van der Waals surface area contributed by atoms with Crippen LogP contribution in [0.5, 0.6) is 0 Å². The van der Waals surface area contributed by atoms with Gasteiger partial charge in [-0.05, 0) is 31.9 Å². The molecule has 1 saturated heterocycles. The van der Waals surface area contributed by atoms with Crippen molar-refractivity contribution >= 4 is 29.7 Å². The summed E-state index contributed by atoms with van der Waals surface area (Å²) < 4.78 is 10.6. The number of esters is 1. The number of carbonyl (C=O) groups is 3. The minimum absolute atomic E-state index is 0.205. The summed E-state index contributed by atoms with van der Waals surface area (Å²) in [6.07, 6.45) is 2.30. The van der Waals surface area contributed by atoms with Crippen LogP contribution in [0.4, 0.5) is 4.79 Å². The first kappa shape index (κ1) is 19.3. The van der Waals surface area contributed by atoms with Crippen LogP contribution in [0, 0.1) is 0 Å². The molecule has 1 aromatic rings. The number of thioether (sulfide) groups is 1. The Hall–Kier alpha value is -2.06. The van der Waals surface area contributed by atoms with Crippen molar-refractivity contribution in [3.05, 3.63) is 29.8 Å². The van der Waals surface area contributed by atoms with Gasteiger partial charge in [0.05, 0.1) is 11.7 Å². The van der Waals surface area contributed by atoms with E-state index in [2.05, 4.69) is 10.6 Å². The smallest absolute Gasteiger partial charge is 0.339 e. The highest BCUT2D eigenvalue weighted by molar-refractivity contribution is 7.99. The zero-order valence-corrected chi connectivity index (χ0v) is 14.9. The lowest BCUT2D eigenvalue weighted by atomic mass is 10.2. The second kappa shape index (κ2) is 10.0. The Balaban J connectivity index is 1.86. The summed E-state index contributed by atoms with van der Waals surface area (Å²) in [7, 11) is 0.